The number of tetrazole rings is 1. The average Bonchev–Trinajstić information content (AvgIpc) is 3.35. The van der Waals surface area contributed by atoms with E-state index in [1.54, 1.807) is 4.68 Å². The molecular weight excluding hydrogens is 360 g/mol. The maximum atomic E-state index is 13.2. The highest BCUT2D eigenvalue weighted by Crippen LogP contribution is 2.40. The van der Waals surface area contributed by atoms with Crippen LogP contribution in [0.3, 0.4) is 0 Å². The van der Waals surface area contributed by atoms with Crippen LogP contribution in [0.5, 0.6) is 11.5 Å². The van der Waals surface area contributed by atoms with E-state index in [1.165, 1.54) is 0 Å². The largest absolute Gasteiger partial charge is 0.454 e. The highest BCUT2D eigenvalue weighted by atomic mass is 16.7. The Labute approximate surface area is 160 Å². The third kappa shape index (κ3) is 2.64. The summed E-state index contributed by atoms with van der Waals surface area (Å²) in [6.45, 7) is 2.01. The number of allylic oxidation sites excluding steroid dienone is 1. The minimum atomic E-state index is -0.510. The lowest BCUT2D eigenvalue weighted by atomic mass is 9.94. The maximum absolute atomic E-state index is 13.2. The summed E-state index contributed by atoms with van der Waals surface area (Å²) in [6.07, 6.45) is 0. The highest BCUT2D eigenvalue weighted by molar-refractivity contribution is 6.06. The standard InChI is InChI=1S/C19H16N6O3/c1-11-16(18(26)21-13-5-3-2-4-6-13)17(25-19(20-11)22-23-24-25)12-7-8-14-15(9-12)28-10-27-14/h2-9,17H,10H2,1H3,(H,21,26)(H,20,22,24)/t17-/m0/s1. The van der Waals surface area contributed by atoms with Crippen LogP contribution in [0.25, 0.3) is 0 Å². The van der Waals surface area contributed by atoms with Crippen LogP contribution in [-0.4, -0.2) is 32.9 Å². The third-order valence-electron chi connectivity index (χ3n) is 4.70. The summed E-state index contributed by atoms with van der Waals surface area (Å²) >= 11 is 0. The van der Waals surface area contributed by atoms with E-state index in [9.17, 15) is 4.79 Å². The van der Waals surface area contributed by atoms with Crippen molar-refractivity contribution in [1.82, 2.24) is 20.2 Å². The Morgan fingerprint density at radius 3 is 2.86 bits per heavy atom. The van der Waals surface area contributed by atoms with Gasteiger partial charge >= 0.3 is 0 Å². The van der Waals surface area contributed by atoms with Crippen LogP contribution in [0.15, 0.2) is 59.8 Å². The first-order valence-corrected chi connectivity index (χ1v) is 8.72. The maximum Gasteiger partial charge on any atom is 0.255 e. The number of para-hydroxylation sites is 1. The molecule has 28 heavy (non-hydrogen) atoms. The van der Waals surface area contributed by atoms with Crippen LogP contribution >= 0.6 is 0 Å². The van der Waals surface area contributed by atoms with Crippen LogP contribution in [0.4, 0.5) is 11.6 Å². The van der Waals surface area contributed by atoms with Crippen LogP contribution in [0.1, 0.15) is 18.5 Å². The predicted octanol–water partition coefficient (Wildman–Crippen LogP) is 2.33. The first-order chi connectivity index (χ1) is 13.7. The summed E-state index contributed by atoms with van der Waals surface area (Å²) in [4.78, 5) is 13.2. The summed E-state index contributed by atoms with van der Waals surface area (Å²) in [7, 11) is 0. The van der Waals surface area contributed by atoms with Gasteiger partial charge in [0, 0.05) is 11.4 Å². The number of anilines is 2. The molecule has 2 aromatic carbocycles. The Morgan fingerprint density at radius 2 is 2.00 bits per heavy atom. The average molecular weight is 376 g/mol. The van der Waals surface area contributed by atoms with Gasteiger partial charge in [0.1, 0.15) is 6.04 Å². The van der Waals surface area contributed by atoms with Crippen molar-refractivity contribution in [2.24, 2.45) is 0 Å². The molecule has 3 heterocycles. The number of aromatic nitrogens is 4. The molecule has 3 aromatic rings. The number of hydrogen-bond acceptors (Lipinski definition) is 7. The minimum Gasteiger partial charge on any atom is -0.454 e. The fourth-order valence-electron chi connectivity index (χ4n) is 3.42. The summed E-state index contributed by atoms with van der Waals surface area (Å²) in [6, 6.07) is 14.4. The number of carbonyl (C=O) groups excluding carboxylic acids is 1. The molecule has 0 bridgehead atoms. The molecule has 0 radical (unpaired) electrons. The van der Waals surface area contributed by atoms with Gasteiger partial charge in [0.05, 0.1) is 5.57 Å². The van der Waals surface area contributed by atoms with E-state index in [1.807, 2.05) is 55.5 Å². The van der Waals surface area contributed by atoms with Crippen molar-refractivity contribution >= 4 is 17.5 Å². The summed E-state index contributed by atoms with van der Waals surface area (Å²) in [5.41, 5.74) is 2.72. The van der Waals surface area contributed by atoms with Crippen molar-refractivity contribution in [3.05, 3.63) is 65.4 Å². The van der Waals surface area contributed by atoms with Gasteiger partial charge in [0.25, 0.3) is 5.91 Å². The molecule has 9 nitrogen and oxygen atoms in total. The van der Waals surface area contributed by atoms with Gasteiger partial charge in [0.2, 0.25) is 12.7 Å². The highest BCUT2D eigenvalue weighted by Gasteiger charge is 2.34. The minimum absolute atomic E-state index is 0.178. The smallest absolute Gasteiger partial charge is 0.255 e. The van der Waals surface area contributed by atoms with E-state index in [2.05, 4.69) is 26.2 Å². The van der Waals surface area contributed by atoms with Gasteiger partial charge in [-0.1, -0.05) is 29.4 Å². The van der Waals surface area contributed by atoms with Crippen LogP contribution < -0.4 is 20.1 Å². The number of rotatable bonds is 3. The molecule has 0 unspecified atom stereocenters. The van der Waals surface area contributed by atoms with E-state index >= 15 is 0 Å². The molecule has 0 saturated carbocycles. The second-order valence-electron chi connectivity index (χ2n) is 6.45. The fourth-order valence-corrected chi connectivity index (χ4v) is 3.42. The molecule has 2 aliphatic heterocycles. The Bertz CT molecular complexity index is 1090. The number of benzene rings is 2. The molecule has 0 spiro atoms. The summed E-state index contributed by atoms with van der Waals surface area (Å²) < 4.78 is 12.5. The zero-order valence-corrected chi connectivity index (χ0v) is 14.9. The lowest BCUT2D eigenvalue weighted by Gasteiger charge is -2.28. The van der Waals surface area contributed by atoms with Crippen molar-refractivity contribution in [3.63, 3.8) is 0 Å². The number of amides is 1. The molecule has 2 aliphatic rings. The monoisotopic (exact) mass is 376 g/mol. The molecule has 140 valence electrons. The van der Waals surface area contributed by atoms with Crippen molar-refractivity contribution in [3.8, 4) is 11.5 Å². The fraction of sp³-hybridized carbons (Fsp3) is 0.158. The Balaban J connectivity index is 1.58. The van der Waals surface area contributed by atoms with Crippen LogP contribution in [0, 0.1) is 0 Å². The van der Waals surface area contributed by atoms with E-state index in [0.717, 1.165) is 5.56 Å². The van der Waals surface area contributed by atoms with Crippen LogP contribution in [0.2, 0.25) is 0 Å². The lowest BCUT2D eigenvalue weighted by Crippen LogP contribution is -2.31. The Kier molecular flexibility index (Phi) is 3.71. The molecule has 0 fully saturated rings. The van der Waals surface area contributed by atoms with E-state index in [-0.39, 0.29) is 12.7 Å². The lowest BCUT2D eigenvalue weighted by molar-refractivity contribution is -0.113. The van der Waals surface area contributed by atoms with E-state index in [0.29, 0.717) is 34.4 Å². The van der Waals surface area contributed by atoms with Gasteiger partial charge in [-0.05, 0) is 47.2 Å². The first-order valence-electron chi connectivity index (χ1n) is 8.72. The molecular formula is C19H16N6O3. The van der Waals surface area contributed by atoms with Crippen molar-refractivity contribution in [2.75, 3.05) is 17.4 Å². The zero-order valence-electron chi connectivity index (χ0n) is 14.9. The number of ether oxygens (including phenoxy) is 2. The van der Waals surface area contributed by atoms with Gasteiger partial charge in [-0.3, -0.25) is 4.79 Å². The van der Waals surface area contributed by atoms with Gasteiger partial charge in [0.15, 0.2) is 11.5 Å². The Morgan fingerprint density at radius 1 is 1.18 bits per heavy atom. The van der Waals surface area contributed by atoms with E-state index in [4.69, 9.17) is 9.47 Å². The molecule has 9 heteroatoms. The number of fused-ring (bicyclic) bond motifs is 2. The van der Waals surface area contributed by atoms with Crippen LogP contribution in [-0.2, 0) is 4.79 Å². The topological polar surface area (TPSA) is 103 Å². The quantitative estimate of drug-likeness (QED) is 0.723. The molecule has 5 rings (SSSR count). The second-order valence-corrected chi connectivity index (χ2v) is 6.45. The number of nitrogens with one attached hydrogen (secondary N) is 2. The molecule has 0 aliphatic carbocycles. The number of nitrogens with zero attached hydrogens (tertiary/aromatic N) is 4. The summed E-state index contributed by atoms with van der Waals surface area (Å²) in [5, 5.41) is 17.9. The molecule has 2 N–H and O–H groups in total. The molecule has 0 saturated heterocycles. The zero-order chi connectivity index (χ0) is 19.1. The predicted molar refractivity (Wildman–Crippen MR) is 99.9 cm³/mol. The van der Waals surface area contributed by atoms with Gasteiger partial charge < -0.3 is 20.1 Å². The molecule has 1 atom stereocenters. The summed E-state index contributed by atoms with van der Waals surface area (Å²) in [5.74, 6) is 1.54. The third-order valence-corrected chi connectivity index (χ3v) is 4.70. The van der Waals surface area contributed by atoms with Crippen molar-refractivity contribution in [2.45, 2.75) is 13.0 Å². The SMILES string of the molecule is CC1=C(C(=O)Nc2ccccc2)[C@H](c2ccc3c(c2)OCO3)n2nnnc2N1. The number of carbonyl (C=O) groups is 1. The Hall–Kier alpha value is -3.88. The second kappa shape index (κ2) is 6.38. The van der Waals surface area contributed by atoms with Gasteiger partial charge in [-0.2, -0.15) is 4.68 Å². The molecule has 1 aromatic heterocycles. The van der Waals surface area contributed by atoms with Crippen molar-refractivity contribution < 1.29 is 14.3 Å². The van der Waals surface area contributed by atoms with Gasteiger partial charge in [-0.15, -0.1) is 0 Å². The van der Waals surface area contributed by atoms with Crippen molar-refractivity contribution in [1.29, 1.82) is 0 Å². The normalized spacial score (nSPS) is 17.1. The first kappa shape index (κ1) is 16.3. The number of hydrogen-bond donors (Lipinski definition) is 2. The molecule has 1 amide bonds. The van der Waals surface area contributed by atoms with E-state index < -0.39 is 6.04 Å². The van der Waals surface area contributed by atoms with Gasteiger partial charge in [-0.25, -0.2) is 0 Å².